The van der Waals surface area contributed by atoms with Crippen molar-refractivity contribution >= 4 is 22.3 Å². The van der Waals surface area contributed by atoms with E-state index in [1.807, 2.05) is 42.5 Å². The third kappa shape index (κ3) is 3.75. The van der Waals surface area contributed by atoms with Crippen LogP contribution in [0.2, 0.25) is 0 Å². The van der Waals surface area contributed by atoms with Crippen LogP contribution in [0.1, 0.15) is 20.7 Å². The van der Waals surface area contributed by atoms with Gasteiger partial charge in [-0.3, -0.25) is 9.59 Å². The van der Waals surface area contributed by atoms with Crippen LogP contribution in [0.5, 0.6) is 0 Å². The van der Waals surface area contributed by atoms with E-state index in [-0.39, 0.29) is 41.6 Å². The van der Waals surface area contributed by atoms with Crippen molar-refractivity contribution in [3.63, 3.8) is 0 Å². The van der Waals surface area contributed by atoms with Crippen LogP contribution in [0.3, 0.4) is 0 Å². The zero-order valence-corrected chi connectivity index (χ0v) is 14.6. The molecule has 0 amide bonds. The Balaban J connectivity index is 0.00000208. The summed E-state index contributed by atoms with van der Waals surface area (Å²) in [5, 5.41) is 1.98. The van der Waals surface area contributed by atoms with Crippen LogP contribution in [-0.4, -0.2) is 18.1 Å². The molecule has 122 valence electrons. The van der Waals surface area contributed by atoms with Gasteiger partial charge in [-0.2, -0.15) is 4.57 Å². The van der Waals surface area contributed by atoms with Gasteiger partial charge in [0.15, 0.2) is 18.2 Å². The third-order valence-electron chi connectivity index (χ3n) is 3.78. The minimum atomic E-state index is -0.142. The van der Waals surface area contributed by atoms with Crippen LogP contribution < -0.4 is 27.3 Å². The van der Waals surface area contributed by atoms with Crippen LogP contribution in [0.4, 0.5) is 0 Å². The van der Waals surface area contributed by atoms with E-state index < -0.39 is 0 Å². The molecule has 0 fully saturated rings. The molecule has 1 heterocycles. The Bertz CT molecular complexity index is 888. The molecule has 0 radical (unpaired) electrons. The average Bonchev–Trinajstić information content (AvgIpc) is 2.60. The fourth-order valence-corrected chi connectivity index (χ4v) is 2.62. The van der Waals surface area contributed by atoms with Crippen molar-refractivity contribution in [3.05, 3.63) is 78.1 Å². The van der Waals surface area contributed by atoms with Gasteiger partial charge in [-0.25, -0.2) is 0 Å². The van der Waals surface area contributed by atoms with Gasteiger partial charge >= 0.3 is 0 Å². The lowest BCUT2D eigenvalue weighted by Crippen LogP contribution is -3.00. The minimum Gasteiger partial charge on any atom is -1.00 e. The van der Waals surface area contributed by atoms with Crippen molar-refractivity contribution < 1.29 is 31.1 Å². The third-order valence-corrected chi connectivity index (χ3v) is 3.78. The summed E-state index contributed by atoms with van der Waals surface area (Å²) in [5.41, 5.74) is 6.58. The van der Waals surface area contributed by atoms with Crippen LogP contribution >= 0.6 is 0 Å². The molecule has 0 unspecified atom stereocenters. The van der Waals surface area contributed by atoms with Gasteiger partial charge in [0.1, 0.15) is 0 Å². The quantitative estimate of drug-likeness (QED) is 0.460. The number of carbonyl (C=O) groups excluding carboxylic acids is 2. The summed E-state index contributed by atoms with van der Waals surface area (Å²) in [6.07, 6.45) is 3.44. The molecule has 0 bridgehead atoms. The number of carbonyl (C=O) groups is 2. The molecule has 24 heavy (non-hydrogen) atoms. The first-order valence-electron chi connectivity index (χ1n) is 7.42. The van der Waals surface area contributed by atoms with Gasteiger partial charge in [0.2, 0.25) is 12.3 Å². The maximum Gasteiger partial charge on any atom is 0.228 e. The fourth-order valence-electron chi connectivity index (χ4n) is 2.62. The van der Waals surface area contributed by atoms with Crippen LogP contribution in [0, 0.1) is 0 Å². The molecule has 0 aliphatic rings. The van der Waals surface area contributed by atoms with Gasteiger partial charge in [0, 0.05) is 11.6 Å². The molecule has 0 aliphatic heterocycles. The first-order chi connectivity index (χ1) is 11.2. The lowest BCUT2D eigenvalue weighted by molar-refractivity contribution is -0.683. The molecule has 0 saturated carbocycles. The van der Waals surface area contributed by atoms with E-state index in [1.54, 1.807) is 29.1 Å². The zero-order valence-electron chi connectivity index (χ0n) is 13.0. The number of pyridine rings is 1. The van der Waals surface area contributed by atoms with Crippen molar-refractivity contribution in [2.45, 2.75) is 6.54 Å². The highest BCUT2D eigenvalue weighted by Crippen LogP contribution is 2.18. The summed E-state index contributed by atoms with van der Waals surface area (Å²) in [5.74, 6) is -0.138. The zero-order chi connectivity index (χ0) is 16.2. The average molecular weight is 385 g/mol. The molecule has 3 rings (SSSR count). The molecule has 3 aromatic rings. The molecule has 0 saturated heterocycles. The molecular weight excluding hydrogens is 368 g/mol. The normalized spacial score (nSPS) is 10.2. The highest BCUT2D eigenvalue weighted by molar-refractivity contribution is 6.07. The number of hydrogen-bond donors (Lipinski definition) is 1. The summed E-state index contributed by atoms with van der Waals surface area (Å²) < 4.78 is 1.72. The molecule has 4 nitrogen and oxygen atoms in total. The van der Waals surface area contributed by atoms with Gasteiger partial charge in [0.05, 0.1) is 12.1 Å². The summed E-state index contributed by atoms with van der Waals surface area (Å²) in [6.45, 7) is 0.140. The van der Waals surface area contributed by atoms with Crippen molar-refractivity contribution in [1.29, 1.82) is 0 Å². The lowest BCUT2D eigenvalue weighted by Gasteiger charge is -2.04. The van der Waals surface area contributed by atoms with Crippen LogP contribution in [0.25, 0.3) is 10.8 Å². The van der Waals surface area contributed by atoms with Crippen LogP contribution in [-0.2, 0) is 6.54 Å². The fraction of sp³-hybridized carbons (Fsp3) is 0.105. The van der Waals surface area contributed by atoms with Crippen molar-refractivity contribution in [3.8, 4) is 0 Å². The highest BCUT2D eigenvalue weighted by Gasteiger charge is 2.16. The standard InChI is InChI=1S/C19H17N2O2.BrH/c20-11-18(22)15-7-4-10-21(12-15)13-19(23)17-9-3-6-14-5-1-2-8-16(14)17;/h1-10,12H,11,13,20H2;1H/q+1;/p-1. The number of aromatic nitrogens is 1. The molecule has 0 atom stereocenters. The van der Waals surface area contributed by atoms with E-state index in [0.717, 1.165) is 10.8 Å². The lowest BCUT2D eigenvalue weighted by atomic mass is 10.0. The Labute approximate surface area is 150 Å². The number of nitrogens with two attached hydrogens (primary N) is 1. The molecule has 0 aliphatic carbocycles. The number of fused-ring (bicyclic) bond motifs is 1. The second-order valence-electron chi connectivity index (χ2n) is 5.34. The topological polar surface area (TPSA) is 64.0 Å². The van der Waals surface area contributed by atoms with Crippen LogP contribution in [0.15, 0.2) is 67.0 Å². The smallest absolute Gasteiger partial charge is 0.228 e. The van der Waals surface area contributed by atoms with Crippen molar-refractivity contribution in [2.75, 3.05) is 6.54 Å². The van der Waals surface area contributed by atoms with Gasteiger partial charge in [-0.05, 0) is 16.8 Å². The summed E-state index contributed by atoms with van der Waals surface area (Å²) >= 11 is 0. The highest BCUT2D eigenvalue weighted by atomic mass is 79.9. The molecular formula is C19H17BrN2O2. The molecule has 5 heteroatoms. The van der Waals surface area contributed by atoms with E-state index in [2.05, 4.69) is 0 Å². The Morgan fingerprint density at radius 2 is 1.67 bits per heavy atom. The maximum absolute atomic E-state index is 12.6. The predicted octanol–water partition coefficient (Wildman–Crippen LogP) is -0.844. The molecule has 1 aromatic heterocycles. The second kappa shape index (κ2) is 7.95. The Morgan fingerprint density at radius 1 is 0.917 bits per heavy atom. The van der Waals surface area contributed by atoms with E-state index in [0.29, 0.717) is 11.1 Å². The Morgan fingerprint density at radius 3 is 2.46 bits per heavy atom. The van der Waals surface area contributed by atoms with Gasteiger partial charge in [0.25, 0.3) is 0 Å². The number of hydrogen-bond acceptors (Lipinski definition) is 3. The number of nitrogens with zero attached hydrogens (tertiary/aromatic N) is 1. The van der Waals surface area contributed by atoms with Gasteiger partial charge in [-0.15, -0.1) is 0 Å². The SMILES string of the molecule is NCC(=O)c1ccc[n+](CC(=O)c2cccc3ccccc23)c1.[Br-]. The minimum absolute atomic E-state index is 0. The molecule has 2 N–H and O–H groups in total. The first kappa shape index (κ1) is 18.0. The van der Waals surface area contributed by atoms with E-state index in [9.17, 15) is 9.59 Å². The maximum atomic E-state index is 12.6. The molecule has 0 spiro atoms. The summed E-state index contributed by atoms with van der Waals surface area (Å²) in [4.78, 5) is 24.3. The first-order valence-corrected chi connectivity index (χ1v) is 7.42. The van der Waals surface area contributed by atoms with E-state index in [4.69, 9.17) is 5.73 Å². The summed E-state index contributed by atoms with van der Waals surface area (Å²) in [7, 11) is 0. The number of Topliss-reactive ketones (excluding diaryl/α,β-unsaturated/α-hetero) is 2. The number of benzene rings is 2. The predicted molar refractivity (Wildman–Crippen MR) is 88.3 cm³/mol. The molecule has 2 aromatic carbocycles. The van der Waals surface area contributed by atoms with Crippen molar-refractivity contribution in [2.24, 2.45) is 5.73 Å². The van der Waals surface area contributed by atoms with Gasteiger partial charge in [-0.1, -0.05) is 42.5 Å². The number of rotatable bonds is 5. The Hall–Kier alpha value is -2.37. The number of halogens is 1. The number of ketones is 2. The second-order valence-corrected chi connectivity index (χ2v) is 5.34. The van der Waals surface area contributed by atoms with Gasteiger partial charge < -0.3 is 22.7 Å². The van der Waals surface area contributed by atoms with Crippen molar-refractivity contribution in [1.82, 2.24) is 0 Å². The van der Waals surface area contributed by atoms with E-state index >= 15 is 0 Å². The monoisotopic (exact) mass is 384 g/mol. The largest absolute Gasteiger partial charge is 1.00 e. The Kier molecular flexibility index (Phi) is 5.95. The summed E-state index contributed by atoms with van der Waals surface area (Å²) in [6, 6.07) is 17.0. The van der Waals surface area contributed by atoms with E-state index in [1.165, 1.54) is 0 Å².